The summed E-state index contributed by atoms with van der Waals surface area (Å²) >= 11 is 1.89. The summed E-state index contributed by atoms with van der Waals surface area (Å²) in [5, 5.41) is 0.0916. The van der Waals surface area contributed by atoms with E-state index in [1.165, 1.54) is 30.4 Å². The molecule has 1 heterocycles. The Morgan fingerprint density at radius 1 is 1.10 bits per heavy atom. The Morgan fingerprint density at radius 3 is 2.30 bits per heavy atom. The molecule has 0 bridgehead atoms. The van der Waals surface area contributed by atoms with Crippen LogP contribution in [0.4, 0.5) is 5.69 Å². The highest BCUT2D eigenvalue weighted by molar-refractivity contribution is 8.02. The molecule has 1 spiro atoms. The lowest BCUT2D eigenvalue weighted by Gasteiger charge is -2.40. The van der Waals surface area contributed by atoms with Gasteiger partial charge in [0, 0.05) is 5.69 Å². The first-order valence-corrected chi connectivity index (χ1v) is 8.50. The van der Waals surface area contributed by atoms with E-state index in [0.29, 0.717) is 5.91 Å². The van der Waals surface area contributed by atoms with Crippen LogP contribution in [0.5, 0.6) is 0 Å². The van der Waals surface area contributed by atoms with Gasteiger partial charge in [-0.05, 0) is 56.9 Å². The fraction of sp³-hybridized carbons (Fsp3) is 0.588. The van der Waals surface area contributed by atoms with Crippen molar-refractivity contribution in [3.8, 4) is 0 Å². The van der Waals surface area contributed by atoms with Crippen molar-refractivity contribution in [1.82, 2.24) is 0 Å². The topological polar surface area (TPSA) is 20.3 Å². The third-order valence-electron chi connectivity index (χ3n) is 4.47. The molecule has 2 aliphatic rings. The van der Waals surface area contributed by atoms with Crippen molar-refractivity contribution in [1.29, 1.82) is 0 Å². The average Bonchev–Trinajstić information content (AvgIpc) is 2.60. The number of benzene rings is 1. The fourth-order valence-electron chi connectivity index (χ4n) is 3.70. The van der Waals surface area contributed by atoms with Gasteiger partial charge >= 0.3 is 0 Å². The van der Waals surface area contributed by atoms with Gasteiger partial charge in [0.25, 0.3) is 0 Å². The van der Waals surface area contributed by atoms with E-state index in [-0.39, 0.29) is 10.1 Å². The number of nitrogens with zero attached hydrogens (tertiary/aromatic N) is 1. The minimum Gasteiger partial charge on any atom is -0.296 e. The minimum atomic E-state index is 0.0228. The van der Waals surface area contributed by atoms with Crippen molar-refractivity contribution in [3.63, 3.8) is 0 Å². The molecule has 1 saturated heterocycles. The number of amides is 1. The molecule has 1 aromatic rings. The van der Waals surface area contributed by atoms with E-state index >= 15 is 0 Å². The molecule has 0 unspecified atom stereocenters. The maximum Gasteiger partial charge on any atom is 0.241 e. The predicted molar refractivity (Wildman–Crippen MR) is 86.3 cm³/mol. The zero-order valence-electron chi connectivity index (χ0n) is 12.6. The van der Waals surface area contributed by atoms with Crippen molar-refractivity contribution < 1.29 is 4.79 Å². The molecule has 0 aromatic heterocycles. The van der Waals surface area contributed by atoms with Gasteiger partial charge in [-0.2, -0.15) is 0 Å². The van der Waals surface area contributed by atoms with Crippen LogP contribution in [-0.4, -0.2) is 16.0 Å². The Bertz CT molecular complexity index is 514. The Balaban J connectivity index is 2.05. The maximum absolute atomic E-state index is 12.7. The molecule has 0 N–H and O–H groups in total. The van der Waals surface area contributed by atoms with E-state index in [4.69, 9.17) is 0 Å². The summed E-state index contributed by atoms with van der Waals surface area (Å²) in [5.41, 5.74) is 3.58. The molecule has 1 aliphatic heterocycles. The lowest BCUT2D eigenvalue weighted by molar-refractivity contribution is -0.117. The quantitative estimate of drug-likeness (QED) is 0.762. The molecule has 1 aromatic carbocycles. The molecule has 2 fully saturated rings. The van der Waals surface area contributed by atoms with E-state index in [1.807, 2.05) is 11.8 Å². The largest absolute Gasteiger partial charge is 0.296 e. The maximum atomic E-state index is 12.7. The van der Waals surface area contributed by atoms with Gasteiger partial charge in [0.1, 0.15) is 0 Å². The predicted octanol–water partition coefficient (Wildman–Crippen LogP) is 4.43. The van der Waals surface area contributed by atoms with Gasteiger partial charge in [0.05, 0.1) is 10.1 Å². The number of aryl methyl sites for hydroxylation is 2. The summed E-state index contributed by atoms with van der Waals surface area (Å²) in [6.07, 6.45) is 6.08. The number of thioether (sulfide) groups is 1. The monoisotopic (exact) mass is 289 g/mol. The molecule has 3 rings (SSSR count). The fourth-order valence-corrected chi connectivity index (χ4v) is 5.39. The van der Waals surface area contributed by atoms with Crippen LogP contribution in [0.25, 0.3) is 0 Å². The lowest BCUT2D eigenvalue weighted by Crippen LogP contribution is -2.46. The summed E-state index contributed by atoms with van der Waals surface area (Å²) in [4.78, 5) is 14.9. The summed E-state index contributed by atoms with van der Waals surface area (Å²) in [7, 11) is 0. The zero-order chi connectivity index (χ0) is 14.3. The van der Waals surface area contributed by atoms with Crippen LogP contribution in [0, 0.1) is 13.8 Å². The molecular formula is C17H23NOS. The molecular weight excluding hydrogens is 266 g/mol. The molecule has 3 heteroatoms. The van der Waals surface area contributed by atoms with Crippen LogP contribution in [0.2, 0.25) is 0 Å². The molecule has 20 heavy (non-hydrogen) atoms. The van der Waals surface area contributed by atoms with Crippen molar-refractivity contribution in [2.45, 2.75) is 63.0 Å². The molecule has 2 nitrogen and oxygen atoms in total. The standard InChI is InChI=1S/C17H23NOS/c1-12-9-13(2)11-15(10-12)18-16(19)14(3)20-17(18)7-5-4-6-8-17/h9-11,14H,4-8H2,1-3H3/t14-/m0/s1. The normalized spacial score (nSPS) is 25.4. The average molecular weight is 289 g/mol. The smallest absolute Gasteiger partial charge is 0.241 e. The second-order valence-electron chi connectivity index (χ2n) is 6.29. The Morgan fingerprint density at radius 2 is 1.70 bits per heavy atom. The number of hydrogen-bond donors (Lipinski definition) is 0. The minimum absolute atomic E-state index is 0.0228. The third-order valence-corrected chi connectivity index (χ3v) is 6.06. The van der Waals surface area contributed by atoms with E-state index in [2.05, 4.69) is 43.9 Å². The Labute approximate surface area is 125 Å². The van der Waals surface area contributed by atoms with E-state index < -0.39 is 0 Å². The van der Waals surface area contributed by atoms with Gasteiger partial charge in [-0.15, -0.1) is 11.8 Å². The number of hydrogen-bond acceptors (Lipinski definition) is 2. The van der Waals surface area contributed by atoms with Crippen molar-refractivity contribution >= 4 is 23.4 Å². The van der Waals surface area contributed by atoms with Gasteiger partial charge < -0.3 is 0 Å². The van der Waals surface area contributed by atoms with E-state index in [9.17, 15) is 4.79 Å². The molecule has 108 valence electrons. The van der Waals surface area contributed by atoms with Gasteiger partial charge in [-0.25, -0.2) is 0 Å². The van der Waals surface area contributed by atoms with Crippen LogP contribution in [0.1, 0.15) is 50.2 Å². The molecule has 1 amide bonds. The molecule has 0 radical (unpaired) electrons. The van der Waals surface area contributed by atoms with Gasteiger partial charge in [-0.3, -0.25) is 9.69 Å². The van der Waals surface area contributed by atoms with Crippen molar-refractivity contribution in [2.75, 3.05) is 4.90 Å². The summed E-state index contributed by atoms with van der Waals surface area (Å²) in [6, 6.07) is 6.51. The Kier molecular flexibility index (Phi) is 3.57. The zero-order valence-corrected chi connectivity index (χ0v) is 13.4. The molecule has 1 atom stereocenters. The van der Waals surface area contributed by atoms with Gasteiger partial charge in [0.2, 0.25) is 5.91 Å². The van der Waals surface area contributed by atoms with Crippen molar-refractivity contribution in [2.24, 2.45) is 0 Å². The highest BCUT2D eigenvalue weighted by Crippen LogP contribution is 2.51. The molecule has 1 aliphatic carbocycles. The van der Waals surface area contributed by atoms with Crippen LogP contribution in [0.15, 0.2) is 18.2 Å². The van der Waals surface area contributed by atoms with Crippen LogP contribution >= 0.6 is 11.8 Å². The summed E-state index contributed by atoms with van der Waals surface area (Å²) in [6.45, 7) is 6.29. The number of carbonyl (C=O) groups excluding carboxylic acids is 1. The number of rotatable bonds is 1. The van der Waals surface area contributed by atoms with Crippen molar-refractivity contribution in [3.05, 3.63) is 29.3 Å². The first kappa shape index (κ1) is 14.0. The van der Waals surface area contributed by atoms with Gasteiger partial charge in [0.15, 0.2) is 0 Å². The van der Waals surface area contributed by atoms with Crippen LogP contribution in [-0.2, 0) is 4.79 Å². The second kappa shape index (κ2) is 5.10. The van der Waals surface area contributed by atoms with E-state index in [0.717, 1.165) is 18.5 Å². The first-order chi connectivity index (χ1) is 9.52. The van der Waals surface area contributed by atoms with Crippen LogP contribution < -0.4 is 4.90 Å². The second-order valence-corrected chi connectivity index (χ2v) is 7.99. The highest BCUT2D eigenvalue weighted by Gasteiger charge is 2.50. The summed E-state index contributed by atoms with van der Waals surface area (Å²) in [5.74, 6) is 0.293. The molecule has 1 saturated carbocycles. The highest BCUT2D eigenvalue weighted by atomic mass is 32.2. The Hall–Kier alpha value is -0.960. The van der Waals surface area contributed by atoms with E-state index in [1.54, 1.807) is 0 Å². The first-order valence-electron chi connectivity index (χ1n) is 7.62. The van der Waals surface area contributed by atoms with Crippen LogP contribution in [0.3, 0.4) is 0 Å². The third kappa shape index (κ3) is 2.26. The number of anilines is 1. The summed E-state index contributed by atoms with van der Waals surface area (Å²) < 4.78 is 0. The lowest BCUT2D eigenvalue weighted by atomic mass is 9.92. The van der Waals surface area contributed by atoms with Gasteiger partial charge in [-0.1, -0.05) is 25.3 Å². The SMILES string of the molecule is Cc1cc(C)cc(N2C(=O)[C@H](C)SC23CCCCC3)c1. The number of carbonyl (C=O) groups is 1.